The second-order valence-corrected chi connectivity index (χ2v) is 6.78. The van der Waals surface area contributed by atoms with Gasteiger partial charge in [0, 0.05) is 17.2 Å². The first-order chi connectivity index (χ1) is 8.02. The normalized spacial score (nSPS) is 53.6. The number of rotatable bonds is 1. The monoisotopic (exact) mass is 256 g/mol. The molecule has 2 saturated carbocycles. The lowest BCUT2D eigenvalue weighted by Gasteiger charge is -2.52. The fourth-order valence-corrected chi connectivity index (χ4v) is 4.61. The lowest BCUT2D eigenvalue weighted by atomic mass is 9.54. The number of halogens is 1. The van der Waals surface area contributed by atoms with Gasteiger partial charge in [-0.15, -0.1) is 11.6 Å². The fraction of sp³-hybridized carbons (Fsp3) is 0.929. The molecule has 3 heteroatoms. The van der Waals surface area contributed by atoms with E-state index in [1.165, 1.54) is 6.42 Å². The highest BCUT2D eigenvalue weighted by Gasteiger charge is 2.65. The standard InChI is InChI=1S/C14H21ClO2/c1-9-10-3-5-13(2)6-4-11(8-15)12(16)14(13,7-10)17-9/h9-11H,3-8H2,1-2H3/t9?,10?,11?,13-,14?/m1/s1. The summed E-state index contributed by atoms with van der Waals surface area (Å²) in [7, 11) is 0. The average Bonchev–Trinajstić information content (AvgIpc) is 2.60. The van der Waals surface area contributed by atoms with Gasteiger partial charge in [0.15, 0.2) is 5.78 Å². The van der Waals surface area contributed by atoms with Crippen LogP contribution in [-0.2, 0) is 9.53 Å². The molecule has 0 amide bonds. The van der Waals surface area contributed by atoms with Gasteiger partial charge in [-0.2, -0.15) is 0 Å². The van der Waals surface area contributed by atoms with Gasteiger partial charge >= 0.3 is 0 Å². The molecule has 96 valence electrons. The molecule has 0 aromatic rings. The van der Waals surface area contributed by atoms with Gasteiger partial charge in [-0.25, -0.2) is 0 Å². The Bertz CT molecular complexity index is 352. The van der Waals surface area contributed by atoms with E-state index in [4.69, 9.17) is 16.3 Å². The highest BCUT2D eigenvalue weighted by Crippen LogP contribution is 2.60. The molecule has 1 aliphatic heterocycles. The first kappa shape index (κ1) is 12.0. The van der Waals surface area contributed by atoms with Gasteiger partial charge in [-0.05, 0) is 44.9 Å². The largest absolute Gasteiger partial charge is 0.363 e. The van der Waals surface area contributed by atoms with Crippen LogP contribution in [0.3, 0.4) is 0 Å². The Morgan fingerprint density at radius 2 is 2.12 bits per heavy atom. The topological polar surface area (TPSA) is 26.3 Å². The van der Waals surface area contributed by atoms with Crippen molar-refractivity contribution in [2.75, 3.05) is 5.88 Å². The maximum absolute atomic E-state index is 12.7. The Morgan fingerprint density at radius 3 is 2.82 bits per heavy atom. The number of carbonyl (C=O) groups is 1. The summed E-state index contributed by atoms with van der Waals surface area (Å²) in [6.07, 6.45) is 5.59. The molecule has 1 heterocycles. The summed E-state index contributed by atoms with van der Waals surface area (Å²) >= 11 is 5.94. The van der Waals surface area contributed by atoms with E-state index < -0.39 is 5.60 Å². The van der Waals surface area contributed by atoms with Crippen molar-refractivity contribution in [1.29, 1.82) is 0 Å². The van der Waals surface area contributed by atoms with Crippen molar-refractivity contribution in [3.63, 3.8) is 0 Å². The zero-order chi connectivity index (χ0) is 12.3. The second kappa shape index (κ2) is 3.71. The van der Waals surface area contributed by atoms with Gasteiger partial charge in [0.2, 0.25) is 0 Å². The van der Waals surface area contributed by atoms with E-state index in [1.54, 1.807) is 0 Å². The minimum atomic E-state index is -0.493. The number of fused-ring (bicyclic) bond motifs is 1. The summed E-state index contributed by atoms with van der Waals surface area (Å²) in [5.41, 5.74) is -0.430. The lowest BCUT2D eigenvalue weighted by Crippen LogP contribution is -2.59. The Hall–Kier alpha value is -0.0800. The van der Waals surface area contributed by atoms with E-state index in [1.807, 2.05) is 0 Å². The Labute approximate surface area is 108 Å². The molecule has 0 N–H and O–H groups in total. The molecule has 0 radical (unpaired) electrons. The van der Waals surface area contributed by atoms with Crippen LogP contribution in [0.2, 0.25) is 0 Å². The van der Waals surface area contributed by atoms with Gasteiger partial charge in [0.05, 0.1) is 6.10 Å². The van der Waals surface area contributed by atoms with Crippen molar-refractivity contribution < 1.29 is 9.53 Å². The summed E-state index contributed by atoms with van der Waals surface area (Å²) in [5.74, 6) is 1.36. The molecule has 3 rings (SSSR count). The summed E-state index contributed by atoms with van der Waals surface area (Å²) in [4.78, 5) is 12.7. The van der Waals surface area contributed by atoms with Crippen molar-refractivity contribution in [1.82, 2.24) is 0 Å². The van der Waals surface area contributed by atoms with Gasteiger partial charge in [0.25, 0.3) is 0 Å². The minimum Gasteiger partial charge on any atom is -0.363 e. The van der Waals surface area contributed by atoms with Gasteiger partial charge in [-0.3, -0.25) is 4.79 Å². The van der Waals surface area contributed by atoms with Crippen LogP contribution in [0.5, 0.6) is 0 Å². The van der Waals surface area contributed by atoms with E-state index in [9.17, 15) is 4.79 Å². The predicted molar refractivity (Wildman–Crippen MR) is 67.2 cm³/mol. The Morgan fingerprint density at radius 1 is 1.41 bits per heavy atom. The maximum atomic E-state index is 12.7. The first-order valence-electron chi connectivity index (χ1n) is 6.80. The molecule has 4 unspecified atom stereocenters. The summed E-state index contributed by atoms with van der Waals surface area (Å²) < 4.78 is 6.22. The first-order valence-corrected chi connectivity index (χ1v) is 7.34. The predicted octanol–water partition coefficient (Wildman–Crippen LogP) is 3.17. The van der Waals surface area contributed by atoms with Crippen LogP contribution in [0.4, 0.5) is 0 Å². The third kappa shape index (κ3) is 1.40. The van der Waals surface area contributed by atoms with Crippen molar-refractivity contribution in [2.45, 2.75) is 57.7 Å². The second-order valence-electron chi connectivity index (χ2n) is 6.47. The van der Waals surface area contributed by atoms with E-state index in [0.717, 1.165) is 25.7 Å². The number of ketones is 1. The van der Waals surface area contributed by atoms with Crippen LogP contribution in [0.15, 0.2) is 0 Å². The van der Waals surface area contributed by atoms with Crippen molar-refractivity contribution in [3.05, 3.63) is 0 Å². The summed E-state index contributed by atoms with van der Waals surface area (Å²) in [6, 6.07) is 0. The molecular weight excluding hydrogens is 236 g/mol. The van der Waals surface area contributed by atoms with E-state index >= 15 is 0 Å². The van der Waals surface area contributed by atoms with Crippen LogP contribution in [0, 0.1) is 17.3 Å². The van der Waals surface area contributed by atoms with Crippen LogP contribution in [-0.4, -0.2) is 23.4 Å². The molecule has 0 aromatic carbocycles. The summed E-state index contributed by atoms with van der Waals surface area (Å²) in [5, 5.41) is 0. The van der Waals surface area contributed by atoms with Crippen LogP contribution < -0.4 is 0 Å². The van der Waals surface area contributed by atoms with Crippen molar-refractivity contribution in [3.8, 4) is 0 Å². The average molecular weight is 257 g/mol. The number of hydrogen-bond donors (Lipinski definition) is 0. The zero-order valence-electron chi connectivity index (χ0n) is 10.7. The molecule has 3 fully saturated rings. The summed E-state index contributed by atoms with van der Waals surface area (Å²) in [6.45, 7) is 4.38. The van der Waals surface area contributed by atoms with E-state index in [0.29, 0.717) is 17.6 Å². The molecule has 2 nitrogen and oxygen atoms in total. The SMILES string of the molecule is CC1OC23CC1CC[C@]2(C)CCC(CCl)C3=O. The highest BCUT2D eigenvalue weighted by atomic mass is 35.5. The maximum Gasteiger partial charge on any atom is 0.169 e. The lowest BCUT2D eigenvalue weighted by molar-refractivity contribution is -0.175. The number of carbonyl (C=O) groups excluding carboxylic acids is 1. The molecule has 5 atom stereocenters. The van der Waals surface area contributed by atoms with Gasteiger partial charge in [-0.1, -0.05) is 6.92 Å². The molecule has 3 aliphatic rings. The molecule has 17 heavy (non-hydrogen) atoms. The van der Waals surface area contributed by atoms with Crippen LogP contribution in [0.1, 0.15) is 46.0 Å². The molecule has 1 spiro atoms. The van der Waals surface area contributed by atoms with Crippen LogP contribution in [0.25, 0.3) is 0 Å². The molecule has 1 saturated heterocycles. The minimum absolute atomic E-state index is 0.0220. The quantitative estimate of drug-likeness (QED) is 0.674. The molecule has 0 aromatic heterocycles. The number of hydrogen-bond acceptors (Lipinski definition) is 2. The third-order valence-corrected chi connectivity index (χ3v) is 6.01. The van der Waals surface area contributed by atoms with Gasteiger partial charge in [0.1, 0.15) is 5.60 Å². The fourth-order valence-electron chi connectivity index (χ4n) is 4.31. The third-order valence-electron chi connectivity index (χ3n) is 5.64. The van der Waals surface area contributed by atoms with E-state index in [-0.39, 0.29) is 17.4 Å². The van der Waals surface area contributed by atoms with Crippen molar-refractivity contribution >= 4 is 17.4 Å². The van der Waals surface area contributed by atoms with Crippen LogP contribution >= 0.6 is 11.6 Å². The van der Waals surface area contributed by atoms with Gasteiger partial charge < -0.3 is 4.74 Å². The zero-order valence-corrected chi connectivity index (χ0v) is 11.4. The Balaban J connectivity index is 2.01. The highest BCUT2D eigenvalue weighted by molar-refractivity contribution is 6.19. The molecular formula is C14H21ClO2. The molecule has 2 aliphatic carbocycles. The smallest absolute Gasteiger partial charge is 0.169 e. The molecule has 2 bridgehead atoms. The number of ether oxygens (including phenoxy) is 1. The van der Waals surface area contributed by atoms with Crippen molar-refractivity contribution in [2.24, 2.45) is 17.3 Å². The number of alkyl halides is 1. The Kier molecular flexibility index (Phi) is 2.61. The van der Waals surface area contributed by atoms with E-state index in [2.05, 4.69) is 13.8 Å². The number of Topliss-reactive ketones (excluding diaryl/α,β-unsaturated/α-hetero) is 1.